The van der Waals surface area contributed by atoms with E-state index in [2.05, 4.69) is 0 Å². The second kappa shape index (κ2) is 5.76. The Kier molecular flexibility index (Phi) is 4.25. The Balaban J connectivity index is 2.19. The van der Waals surface area contributed by atoms with Crippen LogP contribution in [0.3, 0.4) is 0 Å². The molecule has 1 fully saturated rings. The van der Waals surface area contributed by atoms with Crippen molar-refractivity contribution in [3.63, 3.8) is 0 Å². The van der Waals surface area contributed by atoms with Crippen LogP contribution in [0.1, 0.15) is 12.8 Å². The average Bonchev–Trinajstić information content (AvgIpc) is 2.46. The van der Waals surface area contributed by atoms with Gasteiger partial charge < -0.3 is 20.1 Å². The lowest BCUT2D eigenvalue weighted by Crippen LogP contribution is -2.57. The molecule has 0 bridgehead atoms. The van der Waals surface area contributed by atoms with Crippen LogP contribution in [-0.2, 0) is 9.53 Å². The topological polar surface area (TPSA) is 64.8 Å². The third-order valence-corrected chi connectivity index (χ3v) is 3.64. The molecule has 6 heteroatoms. The van der Waals surface area contributed by atoms with Gasteiger partial charge in [-0.2, -0.15) is 0 Å². The molecule has 0 atom stereocenters. The smallest absolute Gasteiger partial charge is 0.246 e. The van der Waals surface area contributed by atoms with Gasteiger partial charge in [-0.05, 0) is 25.0 Å². The van der Waals surface area contributed by atoms with Gasteiger partial charge in [0.05, 0.1) is 7.11 Å². The van der Waals surface area contributed by atoms with Gasteiger partial charge in [0.15, 0.2) is 11.6 Å². The van der Waals surface area contributed by atoms with Crippen LogP contribution < -0.4 is 15.4 Å². The summed E-state index contributed by atoms with van der Waals surface area (Å²) in [6.07, 6.45) is 0.934. The van der Waals surface area contributed by atoms with E-state index >= 15 is 0 Å². The standard InChI is InChI=1S/C14H19FN2O3/c1-17(10-3-4-12(19-2)11(15)9-10)13(18)14(16)5-7-20-8-6-14/h3-4,9H,5-8,16H2,1-2H3. The zero-order chi connectivity index (χ0) is 14.8. The number of carbonyl (C=O) groups is 1. The maximum Gasteiger partial charge on any atom is 0.246 e. The highest BCUT2D eigenvalue weighted by Gasteiger charge is 2.38. The van der Waals surface area contributed by atoms with Crippen LogP contribution in [-0.4, -0.2) is 38.8 Å². The molecule has 1 heterocycles. The van der Waals surface area contributed by atoms with Crippen molar-refractivity contribution in [3.05, 3.63) is 24.0 Å². The highest BCUT2D eigenvalue weighted by atomic mass is 19.1. The van der Waals surface area contributed by atoms with Gasteiger partial charge in [0.1, 0.15) is 5.54 Å². The van der Waals surface area contributed by atoms with Crippen LogP contribution >= 0.6 is 0 Å². The summed E-state index contributed by atoms with van der Waals surface area (Å²) in [5.74, 6) is -0.601. The molecule has 0 aliphatic carbocycles. The molecule has 0 radical (unpaired) electrons. The van der Waals surface area contributed by atoms with Crippen LogP contribution in [0.25, 0.3) is 0 Å². The average molecular weight is 282 g/mol. The number of likely N-dealkylation sites (N-methyl/N-ethyl adjacent to an activating group) is 1. The number of carbonyl (C=O) groups excluding carboxylic acids is 1. The predicted octanol–water partition coefficient (Wildman–Crippen LogP) is 1.31. The van der Waals surface area contributed by atoms with Crippen LogP contribution in [0.4, 0.5) is 10.1 Å². The Bertz CT molecular complexity index is 501. The first-order valence-electron chi connectivity index (χ1n) is 6.46. The number of hydrogen-bond donors (Lipinski definition) is 1. The number of ether oxygens (including phenoxy) is 2. The summed E-state index contributed by atoms with van der Waals surface area (Å²) >= 11 is 0. The Labute approximate surface area is 117 Å². The lowest BCUT2D eigenvalue weighted by molar-refractivity contribution is -0.126. The van der Waals surface area contributed by atoms with Crippen LogP contribution in [0.15, 0.2) is 18.2 Å². The Morgan fingerprint density at radius 2 is 2.10 bits per heavy atom. The third kappa shape index (κ3) is 2.76. The number of halogens is 1. The Morgan fingerprint density at radius 3 is 2.65 bits per heavy atom. The summed E-state index contributed by atoms with van der Waals surface area (Å²) in [4.78, 5) is 13.9. The number of anilines is 1. The van der Waals surface area contributed by atoms with Gasteiger partial charge >= 0.3 is 0 Å². The minimum absolute atomic E-state index is 0.142. The lowest BCUT2D eigenvalue weighted by Gasteiger charge is -2.35. The van der Waals surface area contributed by atoms with Gasteiger partial charge in [0, 0.05) is 32.0 Å². The first kappa shape index (κ1) is 14.7. The van der Waals surface area contributed by atoms with E-state index in [4.69, 9.17) is 15.2 Å². The quantitative estimate of drug-likeness (QED) is 0.907. The van der Waals surface area contributed by atoms with Gasteiger partial charge in [-0.1, -0.05) is 0 Å². The molecule has 1 amide bonds. The zero-order valence-electron chi connectivity index (χ0n) is 11.7. The summed E-state index contributed by atoms with van der Waals surface area (Å²) < 4.78 is 23.8. The molecule has 1 aromatic carbocycles. The van der Waals surface area contributed by atoms with Gasteiger partial charge in [-0.15, -0.1) is 0 Å². The first-order valence-corrected chi connectivity index (χ1v) is 6.46. The highest BCUT2D eigenvalue weighted by molar-refractivity contribution is 5.99. The molecule has 20 heavy (non-hydrogen) atoms. The molecule has 2 N–H and O–H groups in total. The van der Waals surface area contributed by atoms with E-state index in [1.807, 2.05) is 0 Å². The molecule has 1 aliphatic rings. The van der Waals surface area contributed by atoms with Gasteiger partial charge in [0.25, 0.3) is 0 Å². The molecule has 0 aromatic heterocycles. The Hall–Kier alpha value is -1.66. The minimum Gasteiger partial charge on any atom is -0.494 e. The fourth-order valence-electron chi connectivity index (χ4n) is 2.26. The van der Waals surface area contributed by atoms with Gasteiger partial charge in [0.2, 0.25) is 5.91 Å². The molecule has 5 nitrogen and oxygen atoms in total. The van der Waals surface area contributed by atoms with E-state index in [0.29, 0.717) is 31.7 Å². The number of amides is 1. The van der Waals surface area contributed by atoms with Gasteiger partial charge in [-0.3, -0.25) is 4.79 Å². The zero-order valence-corrected chi connectivity index (χ0v) is 11.7. The van der Waals surface area contributed by atoms with Crippen molar-refractivity contribution < 1.29 is 18.7 Å². The van der Waals surface area contributed by atoms with Crippen molar-refractivity contribution >= 4 is 11.6 Å². The van der Waals surface area contributed by atoms with Crippen molar-refractivity contribution in [2.45, 2.75) is 18.4 Å². The summed E-state index contributed by atoms with van der Waals surface area (Å²) in [6, 6.07) is 4.38. The van der Waals surface area contributed by atoms with E-state index in [1.54, 1.807) is 13.1 Å². The van der Waals surface area contributed by atoms with E-state index in [1.165, 1.54) is 24.1 Å². The second-order valence-corrected chi connectivity index (χ2v) is 4.95. The largest absolute Gasteiger partial charge is 0.494 e. The molecular formula is C14H19FN2O3. The number of hydrogen-bond acceptors (Lipinski definition) is 4. The predicted molar refractivity (Wildman–Crippen MR) is 73.3 cm³/mol. The van der Waals surface area contributed by atoms with Crippen LogP contribution in [0.2, 0.25) is 0 Å². The van der Waals surface area contributed by atoms with Crippen LogP contribution in [0, 0.1) is 5.82 Å². The Morgan fingerprint density at radius 1 is 1.45 bits per heavy atom. The van der Waals surface area contributed by atoms with E-state index < -0.39 is 11.4 Å². The first-order chi connectivity index (χ1) is 9.48. The number of rotatable bonds is 3. The lowest BCUT2D eigenvalue weighted by atomic mass is 9.89. The van der Waals surface area contributed by atoms with Crippen molar-refractivity contribution in [1.29, 1.82) is 0 Å². The molecule has 2 rings (SSSR count). The summed E-state index contributed by atoms with van der Waals surface area (Å²) in [5, 5.41) is 0. The second-order valence-electron chi connectivity index (χ2n) is 4.95. The fourth-order valence-corrected chi connectivity index (χ4v) is 2.26. The monoisotopic (exact) mass is 282 g/mol. The fraction of sp³-hybridized carbons (Fsp3) is 0.500. The number of nitrogens with zero attached hydrogens (tertiary/aromatic N) is 1. The van der Waals surface area contributed by atoms with E-state index in [0.717, 1.165) is 0 Å². The van der Waals surface area contributed by atoms with Crippen LogP contribution in [0.5, 0.6) is 5.75 Å². The highest BCUT2D eigenvalue weighted by Crippen LogP contribution is 2.26. The number of nitrogens with two attached hydrogens (primary N) is 1. The van der Waals surface area contributed by atoms with Crippen molar-refractivity contribution in [2.24, 2.45) is 5.73 Å². The van der Waals surface area contributed by atoms with Crippen molar-refractivity contribution in [2.75, 3.05) is 32.3 Å². The van der Waals surface area contributed by atoms with E-state index in [9.17, 15) is 9.18 Å². The molecular weight excluding hydrogens is 263 g/mol. The molecule has 1 aliphatic heterocycles. The molecule has 0 spiro atoms. The van der Waals surface area contributed by atoms with E-state index in [-0.39, 0.29) is 11.7 Å². The maximum absolute atomic E-state index is 13.7. The number of methoxy groups -OCH3 is 1. The van der Waals surface area contributed by atoms with Gasteiger partial charge in [-0.25, -0.2) is 4.39 Å². The normalized spacial score (nSPS) is 17.6. The minimum atomic E-state index is -0.941. The number of benzene rings is 1. The third-order valence-electron chi connectivity index (χ3n) is 3.64. The summed E-state index contributed by atoms with van der Waals surface area (Å²) in [7, 11) is 2.98. The summed E-state index contributed by atoms with van der Waals surface area (Å²) in [5.41, 5.74) is 5.65. The summed E-state index contributed by atoms with van der Waals surface area (Å²) in [6.45, 7) is 0.931. The maximum atomic E-state index is 13.7. The molecule has 0 unspecified atom stereocenters. The van der Waals surface area contributed by atoms with Crippen molar-refractivity contribution in [1.82, 2.24) is 0 Å². The SMILES string of the molecule is COc1ccc(N(C)C(=O)C2(N)CCOCC2)cc1F. The van der Waals surface area contributed by atoms with Crippen molar-refractivity contribution in [3.8, 4) is 5.75 Å². The molecule has 1 saturated heterocycles. The molecule has 110 valence electrons. The molecule has 1 aromatic rings. The molecule has 0 saturated carbocycles.